The first-order valence-electron chi connectivity index (χ1n) is 12.1. The summed E-state index contributed by atoms with van der Waals surface area (Å²) in [6.45, 7) is 2.34. The first-order valence-corrected chi connectivity index (χ1v) is 13.7. The molecule has 178 valence electrons. The Bertz CT molecular complexity index is 1060. The minimum Gasteiger partial charge on any atom is -0.387 e. The molecule has 0 saturated heterocycles. The molecule has 1 atom stereocenters. The predicted molar refractivity (Wildman–Crippen MR) is 134 cm³/mol. The topological polar surface area (TPSA) is 72.2 Å². The molecular formula is C27H36N2O3S. The van der Waals surface area contributed by atoms with Gasteiger partial charge in [-0.05, 0) is 12.0 Å². The van der Waals surface area contributed by atoms with Gasteiger partial charge >= 0.3 is 0 Å². The third-order valence-electron chi connectivity index (χ3n) is 5.91. The van der Waals surface area contributed by atoms with E-state index < -0.39 is 15.9 Å². The Kier molecular flexibility index (Phi) is 9.70. The van der Waals surface area contributed by atoms with Crippen LogP contribution in [0.2, 0.25) is 0 Å². The molecule has 0 radical (unpaired) electrons. The summed E-state index contributed by atoms with van der Waals surface area (Å²) in [7, 11) is -3.57. The summed E-state index contributed by atoms with van der Waals surface area (Å²) >= 11 is 0. The van der Waals surface area contributed by atoms with E-state index >= 15 is 0 Å². The number of hydrogen-bond donors (Lipinski definition) is 1. The van der Waals surface area contributed by atoms with Crippen LogP contribution in [0, 0.1) is 0 Å². The predicted octanol–water partition coefficient (Wildman–Crippen LogP) is 6.20. The van der Waals surface area contributed by atoms with Gasteiger partial charge in [0.15, 0.2) is 0 Å². The first kappa shape index (κ1) is 25.2. The molecule has 6 heteroatoms. The Morgan fingerprint density at radius 1 is 0.848 bits per heavy atom. The maximum absolute atomic E-state index is 13.2. The van der Waals surface area contributed by atoms with E-state index in [1.807, 2.05) is 60.7 Å². The molecule has 0 fully saturated rings. The maximum Gasteiger partial charge on any atom is 0.228 e. The van der Waals surface area contributed by atoms with E-state index in [0.29, 0.717) is 12.1 Å². The van der Waals surface area contributed by atoms with Crippen molar-refractivity contribution in [1.82, 2.24) is 9.55 Å². The molecular weight excluding hydrogens is 432 g/mol. The van der Waals surface area contributed by atoms with Crippen molar-refractivity contribution < 1.29 is 13.5 Å². The van der Waals surface area contributed by atoms with Crippen LogP contribution in [0.5, 0.6) is 0 Å². The van der Waals surface area contributed by atoms with Crippen LogP contribution in [0.25, 0.3) is 11.3 Å². The summed E-state index contributed by atoms with van der Waals surface area (Å²) in [4.78, 5) is 4.51. The highest BCUT2D eigenvalue weighted by atomic mass is 32.2. The molecule has 0 bridgehead atoms. The normalized spacial score (nSPS) is 12.7. The molecule has 0 aliphatic heterocycles. The van der Waals surface area contributed by atoms with Crippen LogP contribution < -0.4 is 0 Å². The lowest BCUT2D eigenvalue weighted by Crippen LogP contribution is -2.17. The monoisotopic (exact) mass is 468 g/mol. The number of aliphatic hydroxyl groups excluding tert-OH is 1. The fourth-order valence-corrected chi connectivity index (χ4v) is 5.50. The van der Waals surface area contributed by atoms with Crippen molar-refractivity contribution in [3.8, 4) is 11.3 Å². The summed E-state index contributed by atoms with van der Waals surface area (Å²) < 4.78 is 28.0. The standard InChI is InChI=1S/C27H36N2O3S/c1-2-3-4-5-6-7-8-15-20-33(31,32)27-28-25(23-16-11-9-12-17-23)21-29(27)22-26(30)24-18-13-10-14-19-24/h9-14,16-19,21,26,30H,2-8,15,20,22H2,1H3. The average molecular weight is 469 g/mol. The Hall–Kier alpha value is -2.44. The third kappa shape index (κ3) is 7.54. The number of benzene rings is 2. The van der Waals surface area contributed by atoms with Crippen LogP contribution in [-0.2, 0) is 16.4 Å². The van der Waals surface area contributed by atoms with Crippen molar-refractivity contribution in [2.75, 3.05) is 5.75 Å². The molecule has 0 saturated carbocycles. The molecule has 0 amide bonds. The van der Waals surface area contributed by atoms with Gasteiger partial charge in [-0.25, -0.2) is 13.4 Å². The summed E-state index contributed by atoms with van der Waals surface area (Å²) in [6.07, 6.45) is 9.68. The zero-order valence-electron chi connectivity index (χ0n) is 19.6. The summed E-state index contributed by atoms with van der Waals surface area (Å²) in [5, 5.41) is 10.8. The van der Waals surface area contributed by atoms with E-state index in [-0.39, 0.29) is 17.5 Å². The number of aromatic nitrogens is 2. The second kappa shape index (κ2) is 12.7. The molecule has 3 aromatic rings. The van der Waals surface area contributed by atoms with Gasteiger partial charge in [0.25, 0.3) is 0 Å². The van der Waals surface area contributed by atoms with Crippen LogP contribution in [-0.4, -0.2) is 28.8 Å². The SMILES string of the molecule is CCCCCCCCCCS(=O)(=O)c1nc(-c2ccccc2)cn1CC(O)c1ccccc1. The lowest BCUT2D eigenvalue weighted by molar-refractivity contribution is 0.153. The zero-order chi connectivity index (χ0) is 23.5. The van der Waals surface area contributed by atoms with E-state index in [2.05, 4.69) is 11.9 Å². The molecule has 3 rings (SSSR count). The van der Waals surface area contributed by atoms with Gasteiger partial charge in [0.2, 0.25) is 15.0 Å². The van der Waals surface area contributed by atoms with E-state index in [9.17, 15) is 13.5 Å². The van der Waals surface area contributed by atoms with Gasteiger partial charge in [0.05, 0.1) is 24.1 Å². The first-order chi connectivity index (χ1) is 16.0. The second-order valence-corrected chi connectivity index (χ2v) is 10.7. The van der Waals surface area contributed by atoms with Gasteiger partial charge in [-0.1, -0.05) is 113 Å². The van der Waals surface area contributed by atoms with Crippen LogP contribution in [0.15, 0.2) is 72.0 Å². The lowest BCUT2D eigenvalue weighted by atomic mass is 10.1. The van der Waals surface area contributed by atoms with Gasteiger partial charge in [-0.15, -0.1) is 0 Å². The van der Waals surface area contributed by atoms with E-state index in [1.54, 1.807) is 10.8 Å². The maximum atomic E-state index is 13.2. The molecule has 2 aromatic carbocycles. The molecule has 33 heavy (non-hydrogen) atoms. The van der Waals surface area contributed by atoms with Gasteiger partial charge in [0, 0.05) is 11.8 Å². The highest BCUT2D eigenvalue weighted by molar-refractivity contribution is 7.91. The van der Waals surface area contributed by atoms with Gasteiger partial charge in [0.1, 0.15) is 0 Å². The average Bonchev–Trinajstić information content (AvgIpc) is 3.27. The Morgan fingerprint density at radius 2 is 1.42 bits per heavy atom. The van der Waals surface area contributed by atoms with Crippen molar-refractivity contribution in [3.63, 3.8) is 0 Å². The number of nitrogens with zero attached hydrogens (tertiary/aromatic N) is 2. The van der Waals surface area contributed by atoms with Crippen molar-refractivity contribution in [3.05, 3.63) is 72.4 Å². The Morgan fingerprint density at radius 3 is 2.06 bits per heavy atom. The Balaban J connectivity index is 1.72. The quantitative estimate of drug-likeness (QED) is 0.286. The highest BCUT2D eigenvalue weighted by Gasteiger charge is 2.24. The lowest BCUT2D eigenvalue weighted by Gasteiger charge is -2.14. The summed E-state index contributed by atoms with van der Waals surface area (Å²) in [5.74, 6) is 0.0780. The van der Waals surface area contributed by atoms with E-state index in [4.69, 9.17) is 0 Å². The largest absolute Gasteiger partial charge is 0.387 e. The molecule has 5 nitrogen and oxygen atoms in total. The van der Waals surface area contributed by atoms with Crippen LogP contribution in [0.1, 0.15) is 70.0 Å². The molecule has 0 spiro atoms. The molecule has 1 N–H and O–H groups in total. The van der Waals surface area contributed by atoms with E-state index in [1.165, 1.54) is 25.7 Å². The summed E-state index contributed by atoms with van der Waals surface area (Å²) in [6, 6.07) is 18.8. The number of hydrogen-bond acceptors (Lipinski definition) is 4. The molecule has 0 aliphatic carbocycles. The molecule has 0 aliphatic rings. The van der Waals surface area contributed by atoms with Crippen molar-refractivity contribution in [1.29, 1.82) is 0 Å². The van der Waals surface area contributed by atoms with E-state index in [0.717, 1.165) is 30.4 Å². The molecule has 1 heterocycles. The third-order valence-corrected chi connectivity index (χ3v) is 7.62. The van der Waals surface area contributed by atoms with Gasteiger partial charge in [-0.3, -0.25) is 0 Å². The number of imidazole rings is 1. The fraction of sp³-hybridized carbons (Fsp3) is 0.444. The van der Waals surface area contributed by atoms with Crippen LogP contribution >= 0.6 is 0 Å². The summed E-state index contributed by atoms with van der Waals surface area (Å²) in [5.41, 5.74) is 2.21. The van der Waals surface area contributed by atoms with Crippen molar-refractivity contribution >= 4 is 9.84 Å². The smallest absolute Gasteiger partial charge is 0.228 e. The number of unbranched alkanes of at least 4 members (excludes halogenated alkanes) is 7. The van der Waals surface area contributed by atoms with Gasteiger partial charge < -0.3 is 9.67 Å². The minimum absolute atomic E-state index is 0.0410. The molecule has 1 unspecified atom stereocenters. The number of rotatable bonds is 14. The van der Waals surface area contributed by atoms with Crippen LogP contribution in [0.3, 0.4) is 0 Å². The van der Waals surface area contributed by atoms with Crippen molar-refractivity contribution in [2.24, 2.45) is 0 Å². The van der Waals surface area contributed by atoms with Crippen molar-refractivity contribution in [2.45, 2.75) is 76.1 Å². The zero-order valence-corrected chi connectivity index (χ0v) is 20.4. The minimum atomic E-state index is -3.57. The number of sulfone groups is 1. The molecule has 1 aromatic heterocycles. The fourth-order valence-electron chi connectivity index (χ4n) is 4.01. The highest BCUT2D eigenvalue weighted by Crippen LogP contribution is 2.25. The van der Waals surface area contributed by atoms with Gasteiger partial charge in [-0.2, -0.15) is 0 Å². The Labute approximate surface area is 198 Å². The van der Waals surface area contributed by atoms with Crippen LogP contribution in [0.4, 0.5) is 0 Å². The number of aliphatic hydroxyl groups is 1. The second-order valence-electron chi connectivity index (χ2n) is 8.65.